The number of rotatable bonds is 1. The van der Waals surface area contributed by atoms with E-state index in [0.29, 0.717) is 6.71 Å². The molecule has 52 valence electrons. The molecule has 0 saturated carbocycles. The standard InChI is InChI=1S/C9H13B/c1-8-6-4-5-7-9(8)10(2)3/h4-7H,1-3H3. The lowest BCUT2D eigenvalue weighted by molar-refractivity contribution is 1.51. The summed E-state index contributed by atoms with van der Waals surface area (Å²) >= 11 is 0. The average Bonchev–Trinajstić information content (AvgIpc) is 1.88. The fraction of sp³-hybridized carbons (Fsp3) is 0.333. The summed E-state index contributed by atoms with van der Waals surface area (Å²) in [5.41, 5.74) is 2.86. The van der Waals surface area contributed by atoms with Crippen molar-refractivity contribution in [2.45, 2.75) is 20.6 Å². The topological polar surface area (TPSA) is 0 Å². The predicted molar refractivity (Wildman–Crippen MR) is 48.3 cm³/mol. The van der Waals surface area contributed by atoms with Crippen LogP contribution in [0.25, 0.3) is 0 Å². The second-order valence-corrected chi connectivity index (χ2v) is 3.01. The molecule has 10 heavy (non-hydrogen) atoms. The maximum Gasteiger partial charge on any atom is 0.169 e. The first kappa shape index (κ1) is 7.39. The van der Waals surface area contributed by atoms with Gasteiger partial charge in [0.05, 0.1) is 0 Å². The van der Waals surface area contributed by atoms with Crippen LogP contribution in [0.15, 0.2) is 24.3 Å². The molecule has 0 spiro atoms. The molecule has 0 radical (unpaired) electrons. The Morgan fingerprint density at radius 1 is 1.10 bits per heavy atom. The van der Waals surface area contributed by atoms with Crippen LogP contribution in [0.4, 0.5) is 0 Å². The summed E-state index contributed by atoms with van der Waals surface area (Å²) in [5.74, 6) is 0. The van der Waals surface area contributed by atoms with E-state index in [1.807, 2.05) is 0 Å². The van der Waals surface area contributed by atoms with E-state index in [9.17, 15) is 0 Å². The molecule has 0 aliphatic carbocycles. The summed E-state index contributed by atoms with van der Waals surface area (Å²) in [5, 5.41) is 0. The third kappa shape index (κ3) is 1.41. The van der Waals surface area contributed by atoms with Gasteiger partial charge in [-0.2, -0.15) is 0 Å². The van der Waals surface area contributed by atoms with Crippen LogP contribution >= 0.6 is 0 Å². The first-order chi connectivity index (χ1) is 4.72. The molecule has 0 fully saturated rings. The number of aryl methyl sites for hydroxylation is 1. The Morgan fingerprint density at radius 2 is 1.70 bits per heavy atom. The Balaban J connectivity index is 3.03. The zero-order valence-corrected chi connectivity index (χ0v) is 6.89. The summed E-state index contributed by atoms with van der Waals surface area (Å²) in [6.45, 7) is 7.26. The van der Waals surface area contributed by atoms with Crippen LogP contribution < -0.4 is 5.46 Å². The molecule has 0 atom stereocenters. The zero-order chi connectivity index (χ0) is 7.56. The van der Waals surface area contributed by atoms with E-state index >= 15 is 0 Å². The third-order valence-corrected chi connectivity index (χ3v) is 1.81. The Bertz CT molecular complexity index is 216. The van der Waals surface area contributed by atoms with Crippen LogP contribution in [0.1, 0.15) is 5.56 Å². The Hall–Kier alpha value is -0.715. The molecule has 1 rings (SSSR count). The van der Waals surface area contributed by atoms with Crippen LogP contribution in [0.5, 0.6) is 0 Å². The summed E-state index contributed by atoms with van der Waals surface area (Å²) in [7, 11) is 0. The van der Waals surface area contributed by atoms with Gasteiger partial charge in [0.1, 0.15) is 0 Å². The maximum atomic E-state index is 2.22. The van der Waals surface area contributed by atoms with Gasteiger partial charge in [0, 0.05) is 0 Å². The van der Waals surface area contributed by atoms with Crippen molar-refractivity contribution >= 4 is 12.2 Å². The van der Waals surface area contributed by atoms with Crippen LogP contribution in [0.2, 0.25) is 13.6 Å². The highest BCUT2D eigenvalue weighted by atomic mass is 13.9. The second-order valence-electron chi connectivity index (χ2n) is 3.01. The van der Waals surface area contributed by atoms with Crippen molar-refractivity contribution in [2.75, 3.05) is 0 Å². The van der Waals surface area contributed by atoms with Crippen molar-refractivity contribution in [1.29, 1.82) is 0 Å². The summed E-state index contributed by atoms with van der Waals surface area (Å²) < 4.78 is 0. The summed E-state index contributed by atoms with van der Waals surface area (Å²) in [6.07, 6.45) is 0. The molecule has 0 amide bonds. The largest absolute Gasteiger partial charge is 0.169 e. The monoisotopic (exact) mass is 132 g/mol. The molecule has 1 aromatic rings. The molecule has 0 bridgehead atoms. The van der Waals surface area contributed by atoms with E-state index in [1.54, 1.807) is 0 Å². The molecule has 0 unspecified atom stereocenters. The highest BCUT2D eigenvalue weighted by molar-refractivity contribution is 6.71. The third-order valence-electron chi connectivity index (χ3n) is 1.81. The quantitative estimate of drug-likeness (QED) is 0.512. The number of benzene rings is 1. The maximum absolute atomic E-state index is 2.22. The minimum Gasteiger partial charge on any atom is -0.0819 e. The minimum absolute atomic E-state index is 0.654. The lowest BCUT2D eigenvalue weighted by Crippen LogP contribution is -2.24. The molecule has 1 heteroatoms. The van der Waals surface area contributed by atoms with E-state index in [0.717, 1.165) is 0 Å². The zero-order valence-electron chi connectivity index (χ0n) is 6.89. The molecule has 0 aromatic heterocycles. The molecule has 0 aliphatic rings. The lowest BCUT2D eigenvalue weighted by Gasteiger charge is -2.04. The van der Waals surface area contributed by atoms with Crippen molar-refractivity contribution < 1.29 is 0 Å². The second kappa shape index (κ2) is 2.91. The molecule has 0 saturated heterocycles. The van der Waals surface area contributed by atoms with Gasteiger partial charge in [-0.1, -0.05) is 48.9 Å². The van der Waals surface area contributed by atoms with E-state index in [2.05, 4.69) is 44.8 Å². The van der Waals surface area contributed by atoms with Crippen LogP contribution in [0.3, 0.4) is 0 Å². The van der Waals surface area contributed by atoms with E-state index in [1.165, 1.54) is 11.0 Å². The number of hydrogen-bond acceptors (Lipinski definition) is 0. The van der Waals surface area contributed by atoms with Gasteiger partial charge in [-0.05, 0) is 6.92 Å². The predicted octanol–water partition coefficient (Wildman–Crippen LogP) is 1.96. The van der Waals surface area contributed by atoms with Crippen molar-refractivity contribution in [3.63, 3.8) is 0 Å². The van der Waals surface area contributed by atoms with Gasteiger partial charge in [0.25, 0.3) is 0 Å². The van der Waals surface area contributed by atoms with Crippen molar-refractivity contribution in [2.24, 2.45) is 0 Å². The van der Waals surface area contributed by atoms with Crippen molar-refractivity contribution in [3.8, 4) is 0 Å². The highest BCUT2D eigenvalue weighted by Gasteiger charge is 2.03. The molecule has 0 aliphatic heterocycles. The summed E-state index contributed by atoms with van der Waals surface area (Å²) in [6, 6.07) is 8.54. The Morgan fingerprint density at radius 3 is 2.10 bits per heavy atom. The van der Waals surface area contributed by atoms with Crippen molar-refractivity contribution in [1.82, 2.24) is 0 Å². The first-order valence-electron chi connectivity index (χ1n) is 3.77. The van der Waals surface area contributed by atoms with Gasteiger partial charge in [-0.15, -0.1) is 0 Å². The molecular formula is C9H13B. The van der Waals surface area contributed by atoms with Crippen LogP contribution in [-0.2, 0) is 0 Å². The Kier molecular flexibility index (Phi) is 2.15. The van der Waals surface area contributed by atoms with Crippen molar-refractivity contribution in [3.05, 3.63) is 29.8 Å². The van der Waals surface area contributed by atoms with E-state index in [4.69, 9.17) is 0 Å². The fourth-order valence-corrected chi connectivity index (χ4v) is 1.23. The van der Waals surface area contributed by atoms with Gasteiger partial charge in [0.2, 0.25) is 0 Å². The van der Waals surface area contributed by atoms with E-state index < -0.39 is 0 Å². The van der Waals surface area contributed by atoms with Crippen LogP contribution in [-0.4, -0.2) is 6.71 Å². The molecule has 0 heterocycles. The molecule has 0 N–H and O–H groups in total. The highest BCUT2D eigenvalue weighted by Crippen LogP contribution is 1.95. The van der Waals surface area contributed by atoms with Crippen LogP contribution in [0, 0.1) is 6.92 Å². The summed E-state index contributed by atoms with van der Waals surface area (Å²) in [4.78, 5) is 0. The average molecular weight is 132 g/mol. The molecular weight excluding hydrogens is 119 g/mol. The fourth-order valence-electron chi connectivity index (χ4n) is 1.23. The van der Waals surface area contributed by atoms with Gasteiger partial charge in [0.15, 0.2) is 6.71 Å². The minimum atomic E-state index is 0.654. The van der Waals surface area contributed by atoms with Gasteiger partial charge in [-0.25, -0.2) is 0 Å². The normalized spacial score (nSPS) is 9.50. The molecule has 0 nitrogen and oxygen atoms in total. The smallest absolute Gasteiger partial charge is 0.0819 e. The van der Waals surface area contributed by atoms with Gasteiger partial charge in [-0.3, -0.25) is 0 Å². The van der Waals surface area contributed by atoms with Gasteiger partial charge < -0.3 is 0 Å². The SMILES string of the molecule is CB(C)c1ccccc1C. The van der Waals surface area contributed by atoms with E-state index in [-0.39, 0.29) is 0 Å². The number of hydrogen-bond donors (Lipinski definition) is 0. The molecule has 1 aromatic carbocycles. The van der Waals surface area contributed by atoms with Gasteiger partial charge >= 0.3 is 0 Å². The first-order valence-corrected chi connectivity index (χ1v) is 3.77. The lowest BCUT2D eigenvalue weighted by atomic mass is 9.48. The Labute approximate surface area is 63.3 Å².